The fourth-order valence-corrected chi connectivity index (χ4v) is 1.48. The van der Waals surface area contributed by atoms with Crippen LogP contribution in [0.2, 0.25) is 0 Å². The molecule has 2 atom stereocenters. The first-order valence-corrected chi connectivity index (χ1v) is 4.97. The van der Waals surface area contributed by atoms with Crippen molar-refractivity contribution in [3.05, 3.63) is 0 Å². The number of hydrogen-bond acceptors (Lipinski definition) is 2. The van der Waals surface area contributed by atoms with Crippen molar-refractivity contribution < 1.29 is 5.11 Å². The van der Waals surface area contributed by atoms with Crippen molar-refractivity contribution in [3.63, 3.8) is 0 Å². The van der Waals surface area contributed by atoms with E-state index in [2.05, 4.69) is 33.0 Å². The Bertz CT molecular complexity index is 100. The maximum absolute atomic E-state index is 8.95. The van der Waals surface area contributed by atoms with Gasteiger partial charge in [0.15, 0.2) is 0 Å². The van der Waals surface area contributed by atoms with Gasteiger partial charge in [-0.2, -0.15) is 0 Å². The van der Waals surface area contributed by atoms with E-state index in [1.807, 2.05) is 0 Å². The molecule has 0 radical (unpaired) electrons. The lowest BCUT2D eigenvalue weighted by molar-refractivity contribution is 0.224. The van der Waals surface area contributed by atoms with E-state index in [-0.39, 0.29) is 12.6 Å². The Morgan fingerprint density at radius 1 is 1.25 bits per heavy atom. The van der Waals surface area contributed by atoms with E-state index in [1.54, 1.807) is 0 Å². The second-order valence-corrected chi connectivity index (χ2v) is 3.99. The van der Waals surface area contributed by atoms with Gasteiger partial charge in [0, 0.05) is 12.1 Å². The van der Waals surface area contributed by atoms with Gasteiger partial charge in [-0.3, -0.25) is 0 Å². The molecule has 2 nitrogen and oxygen atoms in total. The van der Waals surface area contributed by atoms with Crippen LogP contribution in [0.5, 0.6) is 0 Å². The molecule has 0 aromatic carbocycles. The molecule has 0 unspecified atom stereocenters. The summed E-state index contributed by atoms with van der Waals surface area (Å²) in [4.78, 5) is 0. The summed E-state index contributed by atoms with van der Waals surface area (Å²) in [7, 11) is 0. The number of aliphatic hydroxyl groups is 1. The molecule has 0 spiro atoms. The summed E-state index contributed by atoms with van der Waals surface area (Å²) in [5.74, 6) is 0.726. The molecule has 74 valence electrons. The summed E-state index contributed by atoms with van der Waals surface area (Å²) in [6, 6.07) is 0.792. The predicted molar refractivity (Wildman–Crippen MR) is 53.2 cm³/mol. The van der Waals surface area contributed by atoms with E-state index in [0.717, 1.165) is 12.3 Å². The highest BCUT2D eigenvalue weighted by Crippen LogP contribution is 2.05. The molecule has 0 aliphatic heterocycles. The fourth-order valence-electron chi connectivity index (χ4n) is 1.48. The van der Waals surface area contributed by atoms with E-state index < -0.39 is 0 Å². The highest BCUT2D eigenvalue weighted by molar-refractivity contribution is 4.70. The van der Waals surface area contributed by atoms with Crippen LogP contribution in [0, 0.1) is 5.92 Å². The van der Waals surface area contributed by atoms with Crippen LogP contribution in [0.4, 0.5) is 0 Å². The Morgan fingerprint density at radius 2 is 1.83 bits per heavy atom. The van der Waals surface area contributed by atoms with E-state index in [9.17, 15) is 0 Å². The Balaban J connectivity index is 3.58. The highest BCUT2D eigenvalue weighted by atomic mass is 16.3. The van der Waals surface area contributed by atoms with Crippen LogP contribution in [0.1, 0.15) is 40.5 Å². The molecular formula is C10H23NO. The molecule has 0 aliphatic rings. The van der Waals surface area contributed by atoms with Crippen LogP contribution in [0.3, 0.4) is 0 Å². The first-order valence-electron chi connectivity index (χ1n) is 4.97. The van der Waals surface area contributed by atoms with Gasteiger partial charge in [-0.15, -0.1) is 0 Å². The SMILES string of the molecule is CC[C@@H](CO)N[C@H](C)CC(C)C. The van der Waals surface area contributed by atoms with Crippen LogP contribution in [-0.2, 0) is 0 Å². The predicted octanol–water partition coefficient (Wildman–Crippen LogP) is 1.78. The van der Waals surface area contributed by atoms with Crippen molar-refractivity contribution >= 4 is 0 Å². The molecule has 0 saturated heterocycles. The second-order valence-electron chi connectivity index (χ2n) is 3.99. The van der Waals surface area contributed by atoms with Gasteiger partial charge in [-0.05, 0) is 25.7 Å². The van der Waals surface area contributed by atoms with Gasteiger partial charge in [0.05, 0.1) is 6.61 Å². The third kappa shape index (κ3) is 5.56. The minimum atomic E-state index is 0.249. The van der Waals surface area contributed by atoms with Crippen LogP contribution in [-0.4, -0.2) is 23.8 Å². The van der Waals surface area contributed by atoms with E-state index >= 15 is 0 Å². The Labute approximate surface area is 76.4 Å². The van der Waals surface area contributed by atoms with Gasteiger partial charge in [0.1, 0.15) is 0 Å². The van der Waals surface area contributed by atoms with Crippen molar-refractivity contribution in [2.75, 3.05) is 6.61 Å². The standard InChI is InChI=1S/C10H23NO/c1-5-10(7-12)11-9(4)6-8(2)3/h8-12H,5-7H2,1-4H3/t9-,10+/m1/s1. The Morgan fingerprint density at radius 3 is 2.17 bits per heavy atom. The molecule has 0 aromatic heterocycles. The van der Waals surface area contributed by atoms with Gasteiger partial charge < -0.3 is 10.4 Å². The third-order valence-corrected chi connectivity index (χ3v) is 2.06. The number of aliphatic hydroxyl groups excluding tert-OH is 1. The molecule has 2 N–H and O–H groups in total. The molecule has 0 amide bonds. The van der Waals surface area contributed by atoms with Gasteiger partial charge in [-0.25, -0.2) is 0 Å². The number of rotatable bonds is 6. The summed E-state index contributed by atoms with van der Waals surface area (Å²) in [6.07, 6.45) is 2.18. The topological polar surface area (TPSA) is 32.3 Å². The smallest absolute Gasteiger partial charge is 0.0584 e. The Hall–Kier alpha value is -0.0800. The summed E-state index contributed by atoms with van der Waals surface area (Å²) in [6.45, 7) is 8.96. The molecule has 0 aromatic rings. The molecular weight excluding hydrogens is 150 g/mol. The molecule has 0 rings (SSSR count). The zero-order chi connectivity index (χ0) is 9.56. The van der Waals surface area contributed by atoms with Crippen LogP contribution in [0.25, 0.3) is 0 Å². The number of nitrogens with one attached hydrogen (secondary N) is 1. The fraction of sp³-hybridized carbons (Fsp3) is 1.00. The summed E-state index contributed by atoms with van der Waals surface area (Å²) >= 11 is 0. The largest absolute Gasteiger partial charge is 0.395 e. The average molecular weight is 173 g/mol. The molecule has 0 aliphatic carbocycles. The monoisotopic (exact) mass is 173 g/mol. The lowest BCUT2D eigenvalue weighted by Crippen LogP contribution is -2.39. The lowest BCUT2D eigenvalue weighted by Gasteiger charge is -2.21. The zero-order valence-electron chi connectivity index (χ0n) is 8.80. The van der Waals surface area contributed by atoms with Crippen molar-refractivity contribution in [1.29, 1.82) is 0 Å². The zero-order valence-corrected chi connectivity index (χ0v) is 8.80. The van der Waals surface area contributed by atoms with Crippen molar-refractivity contribution in [3.8, 4) is 0 Å². The molecule has 12 heavy (non-hydrogen) atoms. The maximum atomic E-state index is 8.95. The molecule has 0 fully saturated rings. The first-order chi connectivity index (χ1) is 5.60. The maximum Gasteiger partial charge on any atom is 0.0584 e. The lowest BCUT2D eigenvalue weighted by atomic mass is 10.0. The Kier molecular flexibility index (Phi) is 6.39. The summed E-state index contributed by atoms with van der Waals surface area (Å²) in [5.41, 5.74) is 0. The number of hydrogen-bond donors (Lipinski definition) is 2. The van der Waals surface area contributed by atoms with E-state index in [0.29, 0.717) is 6.04 Å². The van der Waals surface area contributed by atoms with Gasteiger partial charge in [0.2, 0.25) is 0 Å². The minimum Gasteiger partial charge on any atom is -0.395 e. The minimum absolute atomic E-state index is 0.249. The van der Waals surface area contributed by atoms with Gasteiger partial charge in [-0.1, -0.05) is 20.8 Å². The van der Waals surface area contributed by atoms with Crippen LogP contribution >= 0.6 is 0 Å². The second kappa shape index (κ2) is 6.44. The summed E-state index contributed by atoms with van der Waals surface area (Å²) < 4.78 is 0. The normalized spacial score (nSPS) is 16.5. The highest BCUT2D eigenvalue weighted by Gasteiger charge is 2.09. The molecule has 2 heteroatoms. The van der Waals surface area contributed by atoms with Crippen LogP contribution < -0.4 is 5.32 Å². The quantitative estimate of drug-likeness (QED) is 0.641. The van der Waals surface area contributed by atoms with Crippen molar-refractivity contribution in [1.82, 2.24) is 5.32 Å². The molecule has 0 heterocycles. The van der Waals surface area contributed by atoms with Crippen molar-refractivity contribution in [2.45, 2.75) is 52.6 Å². The van der Waals surface area contributed by atoms with Gasteiger partial charge in [0.25, 0.3) is 0 Å². The molecule has 0 saturated carbocycles. The first kappa shape index (κ1) is 11.9. The summed E-state index contributed by atoms with van der Waals surface area (Å²) in [5, 5.41) is 12.3. The van der Waals surface area contributed by atoms with Gasteiger partial charge >= 0.3 is 0 Å². The third-order valence-electron chi connectivity index (χ3n) is 2.06. The van der Waals surface area contributed by atoms with E-state index in [1.165, 1.54) is 6.42 Å². The average Bonchev–Trinajstić information content (AvgIpc) is 1.98. The van der Waals surface area contributed by atoms with Crippen molar-refractivity contribution in [2.24, 2.45) is 5.92 Å². The van der Waals surface area contributed by atoms with Crippen LogP contribution in [0.15, 0.2) is 0 Å². The molecule has 0 bridgehead atoms. The van der Waals surface area contributed by atoms with E-state index in [4.69, 9.17) is 5.11 Å².